The van der Waals surface area contributed by atoms with Crippen LogP contribution in [0.3, 0.4) is 0 Å². The minimum absolute atomic E-state index is 0.0993. The van der Waals surface area contributed by atoms with Crippen LogP contribution in [-0.2, 0) is 14.8 Å². The van der Waals surface area contributed by atoms with Crippen LogP contribution >= 0.6 is 38.9 Å². The summed E-state index contributed by atoms with van der Waals surface area (Å²) in [5.41, 5.74) is 0. The summed E-state index contributed by atoms with van der Waals surface area (Å²) in [4.78, 5) is 0. The first-order valence-electron chi connectivity index (χ1n) is 5.41. The number of rotatable bonds is 2. The SMILES string of the molecule is C[C@H]1CN(S(=O)(=O)c2sc(Cl)cc2Br)C[C@H](C)O1. The first-order chi connectivity index (χ1) is 8.30. The van der Waals surface area contributed by atoms with Crippen LogP contribution in [-0.4, -0.2) is 38.0 Å². The highest BCUT2D eigenvalue weighted by molar-refractivity contribution is 9.10. The van der Waals surface area contributed by atoms with E-state index in [1.54, 1.807) is 6.07 Å². The molecule has 4 nitrogen and oxygen atoms in total. The summed E-state index contributed by atoms with van der Waals surface area (Å²) in [5, 5.41) is 0. The fourth-order valence-corrected chi connectivity index (χ4v) is 6.66. The van der Waals surface area contributed by atoms with Crippen LogP contribution in [0.5, 0.6) is 0 Å². The average molecular weight is 375 g/mol. The van der Waals surface area contributed by atoms with Gasteiger partial charge in [0.05, 0.1) is 21.0 Å². The number of hydrogen-bond donors (Lipinski definition) is 0. The van der Waals surface area contributed by atoms with Crippen LogP contribution in [0.25, 0.3) is 0 Å². The second-order valence-electron chi connectivity index (χ2n) is 4.27. The standard InChI is InChI=1S/C10H13BrClNO3S2/c1-6-4-13(5-7(2)16-6)18(14,15)10-8(11)3-9(12)17-10/h3,6-7H,4-5H2,1-2H3/t6-,7-/m0/s1. The number of halogens is 2. The molecule has 102 valence electrons. The van der Waals surface area contributed by atoms with Crippen molar-refractivity contribution in [2.24, 2.45) is 0 Å². The molecule has 1 aliphatic heterocycles. The summed E-state index contributed by atoms with van der Waals surface area (Å²) >= 11 is 10.2. The second-order valence-corrected chi connectivity index (χ2v) is 8.94. The van der Waals surface area contributed by atoms with E-state index in [1.165, 1.54) is 4.31 Å². The van der Waals surface area contributed by atoms with Gasteiger partial charge in [-0.25, -0.2) is 8.42 Å². The first kappa shape index (κ1) is 14.7. The number of ether oxygens (including phenoxy) is 1. The summed E-state index contributed by atoms with van der Waals surface area (Å²) in [6.45, 7) is 4.48. The highest BCUT2D eigenvalue weighted by Gasteiger charge is 2.34. The lowest BCUT2D eigenvalue weighted by atomic mass is 10.3. The van der Waals surface area contributed by atoms with Crippen LogP contribution in [0.4, 0.5) is 0 Å². The summed E-state index contributed by atoms with van der Waals surface area (Å²) < 4.78 is 33.2. The van der Waals surface area contributed by atoms with Crippen LogP contribution in [0.1, 0.15) is 13.8 Å². The lowest BCUT2D eigenvalue weighted by Crippen LogP contribution is -2.47. The molecular formula is C10H13BrClNO3S2. The lowest BCUT2D eigenvalue weighted by molar-refractivity contribution is -0.0440. The van der Waals surface area contributed by atoms with Crippen molar-refractivity contribution in [2.75, 3.05) is 13.1 Å². The third kappa shape index (κ3) is 2.91. The molecule has 1 aromatic heterocycles. The smallest absolute Gasteiger partial charge is 0.253 e. The van der Waals surface area contributed by atoms with Gasteiger partial charge in [-0.3, -0.25) is 0 Å². The minimum atomic E-state index is -3.50. The maximum absolute atomic E-state index is 12.5. The zero-order valence-electron chi connectivity index (χ0n) is 9.89. The zero-order valence-corrected chi connectivity index (χ0v) is 13.9. The van der Waals surface area contributed by atoms with Gasteiger partial charge in [-0.2, -0.15) is 4.31 Å². The highest BCUT2D eigenvalue weighted by Crippen LogP contribution is 2.36. The molecule has 0 spiro atoms. The monoisotopic (exact) mass is 373 g/mol. The molecule has 0 unspecified atom stereocenters. The van der Waals surface area contributed by atoms with E-state index in [2.05, 4.69) is 15.9 Å². The molecule has 8 heteroatoms. The number of nitrogens with zero attached hydrogens (tertiary/aromatic N) is 1. The van der Waals surface area contributed by atoms with Crippen molar-refractivity contribution in [1.29, 1.82) is 0 Å². The van der Waals surface area contributed by atoms with Crippen molar-refractivity contribution >= 4 is 48.9 Å². The van der Waals surface area contributed by atoms with E-state index in [0.29, 0.717) is 21.9 Å². The number of sulfonamides is 1. The molecule has 1 fully saturated rings. The quantitative estimate of drug-likeness (QED) is 0.799. The van der Waals surface area contributed by atoms with Crippen LogP contribution in [0.2, 0.25) is 4.34 Å². The molecule has 1 aromatic rings. The maximum atomic E-state index is 12.5. The molecule has 0 N–H and O–H groups in total. The van der Waals surface area contributed by atoms with E-state index in [-0.39, 0.29) is 16.4 Å². The van der Waals surface area contributed by atoms with E-state index in [9.17, 15) is 8.42 Å². The topological polar surface area (TPSA) is 46.6 Å². The Balaban J connectivity index is 2.34. The minimum Gasteiger partial charge on any atom is -0.373 e. The van der Waals surface area contributed by atoms with Gasteiger partial charge >= 0.3 is 0 Å². The third-order valence-corrected chi connectivity index (χ3v) is 7.34. The Morgan fingerprint density at radius 1 is 1.44 bits per heavy atom. The van der Waals surface area contributed by atoms with Gasteiger partial charge in [0, 0.05) is 13.1 Å². The molecule has 1 saturated heterocycles. The Morgan fingerprint density at radius 3 is 2.44 bits per heavy atom. The number of thiophene rings is 1. The van der Waals surface area contributed by atoms with Gasteiger partial charge in [0.25, 0.3) is 10.0 Å². The predicted molar refractivity (Wildman–Crippen MR) is 75.8 cm³/mol. The Kier molecular flexibility index (Phi) is 4.40. The van der Waals surface area contributed by atoms with Crippen molar-refractivity contribution in [3.63, 3.8) is 0 Å². The first-order valence-corrected chi connectivity index (χ1v) is 8.84. The van der Waals surface area contributed by atoms with E-state index >= 15 is 0 Å². The van der Waals surface area contributed by atoms with Crippen LogP contribution in [0.15, 0.2) is 14.7 Å². The van der Waals surface area contributed by atoms with Crippen molar-refractivity contribution < 1.29 is 13.2 Å². The van der Waals surface area contributed by atoms with Crippen LogP contribution in [0, 0.1) is 0 Å². The second kappa shape index (κ2) is 5.38. The largest absolute Gasteiger partial charge is 0.373 e. The van der Waals surface area contributed by atoms with E-state index in [1.807, 2.05) is 13.8 Å². The third-order valence-electron chi connectivity index (χ3n) is 2.59. The van der Waals surface area contributed by atoms with E-state index < -0.39 is 10.0 Å². The zero-order chi connectivity index (χ0) is 13.5. The molecule has 2 heterocycles. The van der Waals surface area contributed by atoms with Gasteiger partial charge in [0.1, 0.15) is 0 Å². The highest BCUT2D eigenvalue weighted by atomic mass is 79.9. The molecule has 2 rings (SSSR count). The molecule has 18 heavy (non-hydrogen) atoms. The van der Waals surface area contributed by atoms with Gasteiger partial charge in [-0.15, -0.1) is 11.3 Å². The molecule has 0 aliphatic carbocycles. The molecule has 0 saturated carbocycles. The fraction of sp³-hybridized carbons (Fsp3) is 0.600. The number of hydrogen-bond acceptors (Lipinski definition) is 4. The van der Waals surface area contributed by atoms with Gasteiger partial charge in [-0.05, 0) is 35.8 Å². The van der Waals surface area contributed by atoms with E-state index in [4.69, 9.17) is 16.3 Å². The summed E-state index contributed by atoms with van der Waals surface area (Å²) in [7, 11) is -3.50. The summed E-state index contributed by atoms with van der Waals surface area (Å²) in [6, 6.07) is 1.60. The Labute approximate surface area is 124 Å². The van der Waals surface area contributed by atoms with Crippen molar-refractivity contribution in [3.8, 4) is 0 Å². The van der Waals surface area contributed by atoms with Crippen molar-refractivity contribution in [3.05, 3.63) is 14.9 Å². The Hall–Kier alpha value is 0.340. The normalized spacial score (nSPS) is 26.4. The summed E-state index contributed by atoms with van der Waals surface area (Å²) in [6.07, 6.45) is -0.199. The Morgan fingerprint density at radius 2 is 2.00 bits per heavy atom. The molecule has 0 amide bonds. The average Bonchev–Trinajstić information content (AvgIpc) is 2.57. The van der Waals surface area contributed by atoms with Crippen LogP contribution < -0.4 is 0 Å². The molecule has 0 radical (unpaired) electrons. The molecule has 1 aliphatic rings. The lowest BCUT2D eigenvalue weighted by Gasteiger charge is -2.34. The van der Waals surface area contributed by atoms with Crippen molar-refractivity contribution in [2.45, 2.75) is 30.3 Å². The van der Waals surface area contributed by atoms with Gasteiger partial charge in [0.15, 0.2) is 4.21 Å². The Bertz CT molecular complexity index is 535. The maximum Gasteiger partial charge on any atom is 0.253 e. The van der Waals surface area contributed by atoms with Gasteiger partial charge in [0.2, 0.25) is 0 Å². The van der Waals surface area contributed by atoms with Gasteiger partial charge in [-0.1, -0.05) is 11.6 Å². The molecular weight excluding hydrogens is 362 g/mol. The molecule has 2 atom stereocenters. The van der Waals surface area contributed by atoms with E-state index in [0.717, 1.165) is 11.3 Å². The number of morpholine rings is 1. The fourth-order valence-electron chi connectivity index (χ4n) is 1.95. The summed E-state index contributed by atoms with van der Waals surface area (Å²) in [5.74, 6) is 0. The van der Waals surface area contributed by atoms with Crippen molar-refractivity contribution in [1.82, 2.24) is 4.31 Å². The van der Waals surface area contributed by atoms with Gasteiger partial charge < -0.3 is 4.74 Å². The molecule has 0 aromatic carbocycles. The molecule has 0 bridgehead atoms. The predicted octanol–water partition coefficient (Wildman–Crippen LogP) is 2.96.